The van der Waals surface area contributed by atoms with Gasteiger partial charge in [-0.25, -0.2) is 0 Å². The SMILES string of the molecule is CC(=O)O.CC(=O)O.N=C(N)c1cccc(OCC(O)CN2CCN(C(=O)c3ccc4ccccc4c3)CC2)c1. The summed E-state index contributed by atoms with van der Waals surface area (Å²) in [5.74, 6) is -1.07. The molecule has 1 amide bonds. The number of aliphatic hydroxyl groups excluding tert-OH is 1. The van der Waals surface area contributed by atoms with E-state index < -0.39 is 18.0 Å². The van der Waals surface area contributed by atoms with Crippen LogP contribution < -0.4 is 10.5 Å². The van der Waals surface area contributed by atoms with E-state index in [0.29, 0.717) is 49.6 Å². The second-order valence-corrected chi connectivity index (χ2v) is 9.10. The lowest BCUT2D eigenvalue weighted by atomic mass is 10.1. The van der Waals surface area contributed by atoms with Crippen molar-refractivity contribution >= 4 is 34.5 Å². The molecule has 6 N–H and O–H groups in total. The largest absolute Gasteiger partial charge is 0.491 e. The van der Waals surface area contributed by atoms with E-state index in [9.17, 15) is 9.90 Å². The standard InChI is InChI=1S/C25H28N4O3.2C2H4O2/c26-24(27)20-6-3-7-23(15-20)32-17-22(30)16-28-10-12-29(13-11-28)25(31)21-9-8-18-4-1-2-5-19(18)14-21;2*1-2(3)4/h1-9,14-15,22,30H,10-13,16-17H2,(H3,26,27);2*1H3,(H,3,4). The van der Waals surface area contributed by atoms with Gasteiger partial charge in [0.1, 0.15) is 24.3 Å². The Morgan fingerprint density at radius 3 is 2.08 bits per heavy atom. The molecule has 0 aliphatic carbocycles. The number of nitrogens with one attached hydrogen (secondary N) is 1. The molecule has 1 fully saturated rings. The number of rotatable bonds is 7. The number of carboxylic acids is 2. The number of hydrogen-bond acceptors (Lipinski definition) is 7. The summed E-state index contributed by atoms with van der Waals surface area (Å²) in [7, 11) is 0. The van der Waals surface area contributed by atoms with E-state index >= 15 is 0 Å². The van der Waals surface area contributed by atoms with Crippen molar-refractivity contribution in [2.75, 3.05) is 39.3 Å². The molecule has 3 aromatic carbocycles. The maximum absolute atomic E-state index is 12.9. The molecular weight excluding hydrogens is 516 g/mol. The summed E-state index contributed by atoms with van der Waals surface area (Å²) in [6, 6.07) is 20.8. The number of nitrogen functional groups attached to an aromatic ring is 1. The Morgan fingerprint density at radius 1 is 0.875 bits per heavy atom. The zero-order valence-electron chi connectivity index (χ0n) is 22.6. The van der Waals surface area contributed by atoms with Crippen molar-refractivity contribution < 1.29 is 34.4 Å². The third-order valence-corrected chi connectivity index (χ3v) is 5.71. The Labute approximate surface area is 232 Å². The zero-order chi connectivity index (χ0) is 29.7. The number of nitrogens with zero attached hydrogens (tertiary/aromatic N) is 2. The summed E-state index contributed by atoms with van der Waals surface area (Å²) in [4.78, 5) is 34.9. The quantitative estimate of drug-likeness (QED) is 0.218. The van der Waals surface area contributed by atoms with Gasteiger partial charge >= 0.3 is 0 Å². The highest BCUT2D eigenvalue weighted by molar-refractivity contribution is 5.98. The molecule has 1 aliphatic heterocycles. The number of amides is 1. The summed E-state index contributed by atoms with van der Waals surface area (Å²) < 4.78 is 5.66. The van der Waals surface area contributed by atoms with Gasteiger partial charge in [0, 0.05) is 57.7 Å². The highest BCUT2D eigenvalue weighted by Crippen LogP contribution is 2.18. The summed E-state index contributed by atoms with van der Waals surface area (Å²) in [6.45, 7) is 5.45. The van der Waals surface area contributed by atoms with Crippen LogP contribution in [0, 0.1) is 5.41 Å². The molecule has 11 heteroatoms. The van der Waals surface area contributed by atoms with Crippen LogP contribution in [0.3, 0.4) is 0 Å². The fourth-order valence-electron chi connectivity index (χ4n) is 3.94. The number of hydrogen-bond donors (Lipinski definition) is 5. The molecule has 0 saturated carbocycles. The van der Waals surface area contributed by atoms with E-state index in [0.717, 1.165) is 24.6 Å². The van der Waals surface area contributed by atoms with Crippen molar-refractivity contribution in [2.24, 2.45) is 5.73 Å². The van der Waals surface area contributed by atoms with E-state index in [1.165, 1.54) is 0 Å². The molecule has 0 aromatic heterocycles. The molecule has 4 rings (SSSR count). The number of aliphatic hydroxyl groups is 1. The fourth-order valence-corrected chi connectivity index (χ4v) is 3.94. The van der Waals surface area contributed by atoms with E-state index in [1.807, 2.05) is 47.4 Å². The Bertz CT molecular complexity index is 1290. The summed E-state index contributed by atoms with van der Waals surface area (Å²) >= 11 is 0. The smallest absolute Gasteiger partial charge is 0.300 e. The van der Waals surface area contributed by atoms with Gasteiger partial charge in [-0.15, -0.1) is 0 Å². The lowest BCUT2D eigenvalue weighted by Crippen LogP contribution is -2.50. The molecule has 40 heavy (non-hydrogen) atoms. The van der Waals surface area contributed by atoms with Gasteiger partial charge in [0.15, 0.2) is 0 Å². The van der Waals surface area contributed by atoms with Gasteiger partial charge in [-0.05, 0) is 35.0 Å². The van der Waals surface area contributed by atoms with Gasteiger partial charge in [0.25, 0.3) is 17.8 Å². The van der Waals surface area contributed by atoms with Crippen LogP contribution in [0.25, 0.3) is 10.8 Å². The van der Waals surface area contributed by atoms with Crippen LogP contribution in [0.5, 0.6) is 5.75 Å². The second-order valence-electron chi connectivity index (χ2n) is 9.10. The van der Waals surface area contributed by atoms with E-state index in [-0.39, 0.29) is 18.3 Å². The van der Waals surface area contributed by atoms with Crippen molar-refractivity contribution in [1.29, 1.82) is 5.41 Å². The summed E-state index contributed by atoms with van der Waals surface area (Å²) in [6.07, 6.45) is -0.654. The average Bonchev–Trinajstić information content (AvgIpc) is 2.91. The van der Waals surface area contributed by atoms with Gasteiger partial charge in [0.2, 0.25) is 0 Å². The first-order valence-electron chi connectivity index (χ1n) is 12.6. The average molecular weight is 553 g/mol. The predicted octanol–water partition coefficient (Wildman–Crippen LogP) is 2.50. The molecule has 1 aliphatic rings. The minimum absolute atomic E-state index is 0.0212. The van der Waals surface area contributed by atoms with Crippen molar-refractivity contribution in [3.63, 3.8) is 0 Å². The molecule has 1 heterocycles. The van der Waals surface area contributed by atoms with Gasteiger partial charge in [0.05, 0.1) is 0 Å². The van der Waals surface area contributed by atoms with Crippen LogP contribution in [-0.4, -0.2) is 94.2 Å². The highest BCUT2D eigenvalue weighted by atomic mass is 16.5. The third-order valence-electron chi connectivity index (χ3n) is 5.71. The first-order valence-corrected chi connectivity index (χ1v) is 12.6. The van der Waals surface area contributed by atoms with Crippen LogP contribution in [0.1, 0.15) is 29.8 Å². The molecule has 11 nitrogen and oxygen atoms in total. The Hall–Kier alpha value is -4.48. The summed E-state index contributed by atoms with van der Waals surface area (Å²) in [5.41, 5.74) is 6.79. The second kappa shape index (κ2) is 15.8. The molecule has 1 atom stereocenters. The van der Waals surface area contributed by atoms with E-state index in [2.05, 4.69) is 4.90 Å². The van der Waals surface area contributed by atoms with E-state index in [4.69, 9.17) is 35.7 Å². The van der Waals surface area contributed by atoms with Crippen LogP contribution in [0.4, 0.5) is 0 Å². The number of carbonyl (C=O) groups is 3. The van der Waals surface area contributed by atoms with Gasteiger partial charge < -0.3 is 30.7 Å². The number of piperazine rings is 1. The van der Waals surface area contributed by atoms with Crippen molar-refractivity contribution in [3.8, 4) is 5.75 Å². The monoisotopic (exact) mass is 552 g/mol. The third kappa shape index (κ3) is 11.1. The van der Waals surface area contributed by atoms with Gasteiger partial charge in [-0.2, -0.15) is 0 Å². The van der Waals surface area contributed by atoms with Gasteiger partial charge in [-0.3, -0.25) is 24.7 Å². The number of carbonyl (C=O) groups excluding carboxylic acids is 1. The number of aliphatic carboxylic acids is 2. The minimum atomic E-state index is -0.833. The van der Waals surface area contributed by atoms with E-state index in [1.54, 1.807) is 24.3 Å². The maximum atomic E-state index is 12.9. The van der Waals surface area contributed by atoms with Crippen molar-refractivity contribution in [1.82, 2.24) is 9.80 Å². The molecule has 0 bridgehead atoms. The highest BCUT2D eigenvalue weighted by Gasteiger charge is 2.23. The molecule has 1 unspecified atom stereocenters. The molecule has 214 valence electrons. The number of β-amino-alcohol motifs (C(OH)–C–C–N with tert-alkyl or cyclic N) is 1. The molecule has 3 aromatic rings. The number of fused-ring (bicyclic) bond motifs is 1. The molecule has 0 spiro atoms. The van der Waals surface area contributed by atoms with Crippen molar-refractivity contribution in [3.05, 3.63) is 77.9 Å². The lowest BCUT2D eigenvalue weighted by molar-refractivity contribution is -0.135. The van der Waals surface area contributed by atoms with Crippen LogP contribution in [0.2, 0.25) is 0 Å². The zero-order valence-corrected chi connectivity index (χ0v) is 22.6. The predicted molar refractivity (Wildman–Crippen MR) is 152 cm³/mol. The van der Waals surface area contributed by atoms with Crippen molar-refractivity contribution in [2.45, 2.75) is 20.0 Å². The number of ether oxygens (including phenoxy) is 1. The van der Waals surface area contributed by atoms with Crippen LogP contribution >= 0.6 is 0 Å². The van der Waals surface area contributed by atoms with Gasteiger partial charge in [-0.1, -0.05) is 42.5 Å². The number of nitrogens with two attached hydrogens (primary N) is 1. The lowest BCUT2D eigenvalue weighted by Gasteiger charge is -2.35. The molecular formula is C29H36N4O7. The number of amidine groups is 1. The Balaban J connectivity index is 0.000000621. The summed E-state index contributed by atoms with van der Waals surface area (Å²) in [5, 5.41) is 34.9. The number of carboxylic acid groups (broad SMARTS) is 2. The van der Waals surface area contributed by atoms with Crippen LogP contribution in [0.15, 0.2) is 66.7 Å². The fraction of sp³-hybridized carbons (Fsp3) is 0.310. The maximum Gasteiger partial charge on any atom is 0.300 e. The minimum Gasteiger partial charge on any atom is -0.491 e. The molecule has 1 saturated heterocycles. The Morgan fingerprint density at radius 2 is 1.48 bits per heavy atom. The normalized spacial score (nSPS) is 13.6. The molecule has 0 radical (unpaired) electrons. The number of benzene rings is 3. The topological polar surface area (TPSA) is 177 Å². The Kier molecular flexibility index (Phi) is 12.5. The van der Waals surface area contributed by atoms with Crippen LogP contribution in [-0.2, 0) is 9.59 Å². The first-order chi connectivity index (χ1) is 19.0. The first kappa shape index (κ1) is 31.7.